The average molecular weight is 474 g/mol. The molecule has 0 aliphatic carbocycles. The number of hydrogen-bond acceptors (Lipinski definition) is 7. The Hall–Kier alpha value is -3.31. The third-order valence-corrected chi connectivity index (χ3v) is 5.95. The summed E-state index contributed by atoms with van der Waals surface area (Å²) in [4.78, 5) is 22.1. The maximum atomic E-state index is 14.2. The van der Waals surface area contributed by atoms with E-state index in [2.05, 4.69) is 15.1 Å². The molecule has 0 saturated carbocycles. The molecule has 3 aromatic heterocycles. The van der Waals surface area contributed by atoms with Crippen LogP contribution in [-0.2, 0) is 26.4 Å². The molecule has 1 aliphatic heterocycles. The first-order valence-corrected chi connectivity index (χ1v) is 10.7. The van der Waals surface area contributed by atoms with Gasteiger partial charge in [-0.05, 0) is 41.7 Å². The number of carbonyl (C=O) groups excluding carboxylic acids is 1. The summed E-state index contributed by atoms with van der Waals surface area (Å²) in [6, 6.07) is 2.99. The van der Waals surface area contributed by atoms with Crippen LogP contribution in [0.4, 0.5) is 13.2 Å². The molecule has 34 heavy (non-hydrogen) atoms. The summed E-state index contributed by atoms with van der Waals surface area (Å²) in [6.07, 6.45) is 0.525. The molecule has 0 fully saturated rings. The first kappa shape index (κ1) is 23.8. The van der Waals surface area contributed by atoms with Crippen LogP contribution in [0.2, 0.25) is 0 Å². The quantitative estimate of drug-likeness (QED) is 0.526. The highest BCUT2D eigenvalue weighted by atomic mass is 19.4. The minimum Gasteiger partial charge on any atom is -0.481 e. The lowest BCUT2D eigenvalue weighted by atomic mass is 9.92. The maximum Gasteiger partial charge on any atom is 0.404 e. The molecule has 0 amide bonds. The fourth-order valence-electron chi connectivity index (χ4n) is 4.26. The van der Waals surface area contributed by atoms with Gasteiger partial charge in [0, 0.05) is 44.2 Å². The van der Waals surface area contributed by atoms with E-state index in [1.807, 2.05) is 0 Å². The fraction of sp³-hybridized carbons (Fsp3) is 0.391. The number of Topliss-reactive ketones (excluding diaryl/α,β-unsaturated/α-hetero) is 1. The molecule has 180 valence electrons. The van der Waals surface area contributed by atoms with Crippen LogP contribution in [0.3, 0.4) is 0 Å². The number of ether oxygens (including phenoxy) is 1. The van der Waals surface area contributed by atoms with E-state index in [9.17, 15) is 18.0 Å². The Kier molecular flexibility index (Phi) is 6.67. The molecule has 4 rings (SSSR count). The summed E-state index contributed by atoms with van der Waals surface area (Å²) < 4.78 is 49.2. The van der Waals surface area contributed by atoms with Crippen LogP contribution >= 0.6 is 0 Å². The highest BCUT2D eigenvalue weighted by molar-refractivity contribution is 5.97. The number of nitrogens with zero attached hydrogens (tertiary/aromatic N) is 5. The molecular weight excluding hydrogens is 449 g/mol. The molecule has 0 saturated heterocycles. The summed E-state index contributed by atoms with van der Waals surface area (Å²) in [5.74, 6) is -0.114. The Morgan fingerprint density at radius 3 is 2.76 bits per heavy atom. The smallest absolute Gasteiger partial charge is 0.404 e. The topological polar surface area (TPSA) is 99.2 Å². The van der Waals surface area contributed by atoms with Crippen molar-refractivity contribution < 1.29 is 22.7 Å². The predicted molar refractivity (Wildman–Crippen MR) is 118 cm³/mol. The number of aromatic nitrogens is 4. The van der Waals surface area contributed by atoms with E-state index < -0.39 is 12.2 Å². The summed E-state index contributed by atoms with van der Waals surface area (Å²) in [5, 5.41) is 4.19. The summed E-state index contributed by atoms with van der Waals surface area (Å²) in [5.41, 5.74) is 8.94. The van der Waals surface area contributed by atoms with Gasteiger partial charge in [0.1, 0.15) is 11.7 Å². The lowest BCUT2D eigenvalue weighted by molar-refractivity contribution is -0.186. The molecule has 3 aromatic rings. The molecule has 11 heteroatoms. The summed E-state index contributed by atoms with van der Waals surface area (Å²) in [7, 11) is 3.19. The average Bonchev–Trinajstić information content (AvgIpc) is 3.26. The van der Waals surface area contributed by atoms with E-state index in [1.54, 1.807) is 36.3 Å². The molecule has 0 spiro atoms. The van der Waals surface area contributed by atoms with Crippen LogP contribution in [0.1, 0.15) is 27.3 Å². The number of pyridine rings is 2. The minimum absolute atomic E-state index is 0.0410. The van der Waals surface area contributed by atoms with Gasteiger partial charge in [0.2, 0.25) is 5.88 Å². The van der Waals surface area contributed by atoms with Gasteiger partial charge >= 0.3 is 6.18 Å². The summed E-state index contributed by atoms with van der Waals surface area (Å²) in [6.45, 7) is -0.0871. The summed E-state index contributed by atoms with van der Waals surface area (Å²) >= 11 is 0. The Labute approximate surface area is 194 Å². The van der Waals surface area contributed by atoms with Crippen molar-refractivity contribution in [3.63, 3.8) is 0 Å². The number of aryl methyl sites for hydroxylation is 1. The third-order valence-electron chi connectivity index (χ3n) is 5.95. The van der Waals surface area contributed by atoms with E-state index in [1.165, 1.54) is 24.3 Å². The van der Waals surface area contributed by atoms with Crippen molar-refractivity contribution >= 4 is 5.78 Å². The van der Waals surface area contributed by atoms with Gasteiger partial charge in [-0.25, -0.2) is 9.97 Å². The highest BCUT2D eigenvalue weighted by Gasteiger charge is 2.44. The second-order valence-corrected chi connectivity index (χ2v) is 8.20. The van der Waals surface area contributed by atoms with Crippen molar-refractivity contribution in [1.82, 2.24) is 24.6 Å². The maximum absolute atomic E-state index is 14.2. The first-order valence-electron chi connectivity index (χ1n) is 10.7. The Bertz CT molecular complexity index is 1190. The Morgan fingerprint density at radius 1 is 1.32 bits per heavy atom. The number of halogens is 3. The number of nitrogens with two attached hydrogens (primary N) is 1. The highest BCUT2D eigenvalue weighted by Crippen LogP contribution is 2.35. The van der Waals surface area contributed by atoms with Crippen LogP contribution in [0.5, 0.6) is 5.88 Å². The van der Waals surface area contributed by atoms with E-state index in [0.29, 0.717) is 17.7 Å². The Balaban J connectivity index is 1.70. The first-order chi connectivity index (χ1) is 16.2. The van der Waals surface area contributed by atoms with Crippen molar-refractivity contribution in [2.45, 2.75) is 31.6 Å². The number of rotatable bonds is 7. The van der Waals surface area contributed by atoms with Crippen molar-refractivity contribution in [1.29, 1.82) is 0 Å². The number of hydrogen-bond donors (Lipinski definition) is 1. The number of fused-ring (bicyclic) bond motifs is 1. The number of methoxy groups -OCH3 is 1. The lowest BCUT2D eigenvalue weighted by Crippen LogP contribution is -2.49. The SMILES string of the molecule is COc1cc(CC(N2CCc3c(-c4cnn(C)c4)cc(C(=O)CN)nc3C2)C(F)(F)F)ccn1. The van der Waals surface area contributed by atoms with Crippen molar-refractivity contribution in [3.8, 4) is 17.0 Å². The monoisotopic (exact) mass is 474 g/mol. The van der Waals surface area contributed by atoms with Crippen molar-refractivity contribution in [2.24, 2.45) is 12.8 Å². The second-order valence-electron chi connectivity index (χ2n) is 8.20. The van der Waals surface area contributed by atoms with E-state index in [4.69, 9.17) is 10.5 Å². The van der Waals surface area contributed by atoms with E-state index >= 15 is 0 Å². The molecule has 2 N–H and O–H groups in total. The molecule has 1 aliphatic rings. The van der Waals surface area contributed by atoms with Crippen LogP contribution in [-0.4, -0.2) is 62.8 Å². The normalized spacial score (nSPS) is 15.1. The van der Waals surface area contributed by atoms with Crippen LogP contribution in [0.25, 0.3) is 11.1 Å². The zero-order valence-corrected chi connectivity index (χ0v) is 18.8. The number of carbonyl (C=O) groups is 1. The van der Waals surface area contributed by atoms with Gasteiger partial charge in [0.05, 0.1) is 25.5 Å². The Morgan fingerprint density at radius 2 is 2.12 bits per heavy atom. The van der Waals surface area contributed by atoms with Gasteiger partial charge in [-0.15, -0.1) is 0 Å². The molecule has 0 bridgehead atoms. The van der Waals surface area contributed by atoms with Crippen LogP contribution in [0.15, 0.2) is 36.8 Å². The van der Waals surface area contributed by atoms with Gasteiger partial charge in [0.25, 0.3) is 0 Å². The molecule has 1 atom stereocenters. The molecule has 0 radical (unpaired) electrons. The fourth-order valence-corrected chi connectivity index (χ4v) is 4.26. The molecular formula is C23H25F3N6O2. The third kappa shape index (κ3) is 4.95. The van der Waals surface area contributed by atoms with Gasteiger partial charge < -0.3 is 10.5 Å². The molecule has 8 nitrogen and oxygen atoms in total. The van der Waals surface area contributed by atoms with E-state index in [-0.39, 0.29) is 43.4 Å². The largest absolute Gasteiger partial charge is 0.481 e. The standard InChI is InChI=1S/C23H25F3N6O2/c1-31-12-15(11-29-31)17-9-18(20(33)10-27)30-19-13-32(6-4-16(17)19)21(23(24,25)26)7-14-3-5-28-22(8-14)34-2/h3,5,8-9,11-12,21H,4,6-7,10,13,27H2,1-2H3. The van der Waals surface area contributed by atoms with Crippen LogP contribution < -0.4 is 10.5 Å². The second kappa shape index (κ2) is 9.51. The van der Waals surface area contributed by atoms with Gasteiger partial charge in [-0.3, -0.25) is 14.4 Å². The van der Waals surface area contributed by atoms with Gasteiger partial charge in [-0.1, -0.05) is 0 Å². The molecule has 1 unspecified atom stereocenters. The van der Waals surface area contributed by atoms with Crippen molar-refractivity contribution in [3.05, 3.63) is 59.3 Å². The zero-order valence-electron chi connectivity index (χ0n) is 18.8. The van der Waals surface area contributed by atoms with Crippen molar-refractivity contribution in [2.75, 3.05) is 20.2 Å². The predicted octanol–water partition coefficient (Wildman–Crippen LogP) is 2.56. The van der Waals surface area contributed by atoms with E-state index in [0.717, 1.165) is 16.7 Å². The lowest BCUT2D eigenvalue weighted by Gasteiger charge is -2.37. The zero-order chi connectivity index (χ0) is 24.5. The molecule has 0 aromatic carbocycles. The van der Waals surface area contributed by atoms with Gasteiger partial charge in [-0.2, -0.15) is 18.3 Å². The number of ketones is 1. The van der Waals surface area contributed by atoms with Gasteiger partial charge in [0.15, 0.2) is 5.78 Å². The van der Waals surface area contributed by atoms with Crippen LogP contribution in [0, 0.1) is 0 Å². The number of alkyl halides is 3. The minimum atomic E-state index is -4.47. The molecule has 4 heterocycles.